The molecular formula is C8H12N4S2. The minimum Gasteiger partial charge on any atom is -0.316 e. The molecule has 0 aliphatic heterocycles. The second-order valence-electron chi connectivity index (χ2n) is 2.70. The van der Waals surface area contributed by atoms with E-state index in [1.807, 2.05) is 13.0 Å². The summed E-state index contributed by atoms with van der Waals surface area (Å²) >= 11 is 3.03. The number of nitrogens with two attached hydrogens (primary N) is 1. The van der Waals surface area contributed by atoms with Crippen LogP contribution in [0.25, 0.3) is 0 Å². The Kier molecular flexibility index (Phi) is 4.87. The van der Waals surface area contributed by atoms with Crippen LogP contribution in [0.2, 0.25) is 0 Å². The topological polar surface area (TPSA) is 75.6 Å². The highest BCUT2D eigenvalue weighted by molar-refractivity contribution is 8.00. The van der Waals surface area contributed by atoms with E-state index in [2.05, 4.69) is 9.36 Å². The fraction of sp³-hybridized carbons (Fsp3) is 0.625. The van der Waals surface area contributed by atoms with Crippen molar-refractivity contribution < 1.29 is 0 Å². The van der Waals surface area contributed by atoms with Crippen LogP contribution < -0.4 is 5.73 Å². The molecule has 1 rings (SSSR count). The average Bonchev–Trinajstić information content (AvgIpc) is 2.65. The number of nitrogens with zero attached hydrogens (tertiary/aromatic N) is 3. The smallest absolute Gasteiger partial charge is 0.170 e. The maximum Gasteiger partial charge on any atom is 0.170 e. The molecule has 1 heterocycles. The highest BCUT2D eigenvalue weighted by Gasteiger charge is 2.04. The van der Waals surface area contributed by atoms with Crippen LogP contribution in [0.3, 0.4) is 0 Å². The van der Waals surface area contributed by atoms with Gasteiger partial charge in [-0.15, -0.1) is 0 Å². The third-order valence-electron chi connectivity index (χ3n) is 1.59. The molecule has 0 fully saturated rings. The lowest BCUT2D eigenvalue weighted by Crippen LogP contribution is -2.17. The first-order chi connectivity index (χ1) is 6.76. The Balaban J connectivity index is 2.28. The Bertz CT molecular complexity index is 317. The zero-order valence-corrected chi connectivity index (χ0v) is 9.57. The van der Waals surface area contributed by atoms with Gasteiger partial charge in [0.05, 0.1) is 12.1 Å². The number of nitriles is 1. The summed E-state index contributed by atoms with van der Waals surface area (Å²) in [4.78, 5) is 4.30. The molecule has 4 nitrogen and oxygen atoms in total. The van der Waals surface area contributed by atoms with E-state index in [0.29, 0.717) is 6.42 Å². The summed E-state index contributed by atoms with van der Waals surface area (Å²) in [5.74, 6) is 1.72. The van der Waals surface area contributed by atoms with Gasteiger partial charge in [-0.1, -0.05) is 18.7 Å². The summed E-state index contributed by atoms with van der Waals surface area (Å²) in [6, 6.07) is 1.64. The first-order valence-electron chi connectivity index (χ1n) is 4.36. The SMILES string of the molecule is CCc1nsc(SCCC(N)C#N)n1. The zero-order chi connectivity index (χ0) is 10.4. The Morgan fingerprint density at radius 1 is 1.71 bits per heavy atom. The molecule has 2 N–H and O–H groups in total. The van der Waals surface area contributed by atoms with Crippen LogP contribution in [0, 0.1) is 11.3 Å². The molecule has 0 aliphatic rings. The molecular weight excluding hydrogens is 216 g/mol. The van der Waals surface area contributed by atoms with Gasteiger partial charge < -0.3 is 5.73 Å². The van der Waals surface area contributed by atoms with Gasteiger partial charge in [-0.25, -0.2) is 4.98 Å². The second kappa shape index (κ2) is 5.96. The molecule has 0 saturated heterocycles. The van der Waals surface area contributed by atoms with Crippen molar-refractivity contribution in [2.45, 2.75) is 30.1 Å². The molecule has 14 heavy (non-hydrogen) atoms. The van der Waals surface area contributed by atoms with Crippen molar-refractivity contribution in [2.75, 3.05) is 5.75 Å². The van der Waals surface area contributed by atoms with E-state index in [1.165, 1.54) is 11.5 Å². The van der Waals surface area contributed by atoms with Crippen molar-refractivity contribution in [3.05, 3.63) is 5.82 Å². The van der Waals surface area contributed by atoms with E-state index in [1.54, 1.807) is 11.8 Å². The monoisotopic (exact) mass is 228 g/mol. The molecule has 1 aromatic rings. The molecule has 0 bridgehead atoms. The van der Waals surface area contributed by atoms with Gasteiger partial charge in [0, 0.05) is 12.2 Å². The van der Waals surface area contributed by atoms with Gasteiger partial charge in [0.25, 0.3) is 0 Å². The third-order valence-corrected chi connectivity index (χ3v) is 3.49. The molecule has 1 aromatic heterocycles. The predicted octanol–water partition coefficient (Wildman–Crippen LogP) is 1.43. The van der Waals surface area contributed by atoms with Crippen molar-refractivity contribution in [3.8, 4) is 6.07 Å². The largest absolute Gasteiger partial charge is 0.316 e. The molecule has 0 radical (unpaired) electrons. The van der Waals surface area contributed by atoms with Gasteiger partial charge in [-0.3, -0.25) is 0 Å². The van der Waals surface area contributed by atoms with E-state index in [9.17, 15) is 0 Å². The lowest BCUT2D eigenvalue weighted by Gasteiger charge is -1.98. The van der Waals surface area contributed by atoms with E-state index in [0.717, 1.165) is 22.3 Å². The normalized spacial score (nSPS) is 12.4. The lowest BCUT2D eigenvalue weighted by molar-refractivity contribution is 0.803. The minimum absolute atomic E-state index is 0.360. The standard InChI is InChI=1S/C8H12N4S2/c1-2-7-11-8(14-12-7)13-4-3-6(10)5-9/h6H,2-4,10H2,1H3. The van der Waals surface area contributed by atoms with Gasteiger partial charge in [0.15, 0.2) is 4.34 Å². The molecule has 0 aliphatic carbocycles. The van der Waals surface area contributed by atoms with Crippen LogP contribution in [-0.2, 0) is 6.42 Å². The van der Waals surface area contributed by atoms with Crippen molar-refractivity contribution in [1.82, 2.24) is 9.36 Å². The summed E-state index contributed by atoms with van der Waals surface area (Å²) < 4.78 is 5.13. The van der Waals surface area contributed by atoms with E-state index in [4.69, 9.17) is 11.0 Å². The van der Waals surface area contributed by atoms with Gasteiger partial charge in [0.2, 0.25) is 0 Å². The highest BCUT2D eigenvalue weighted by Crippen LogP contribution is 2.21. The number of hydrogen-bond donors (Lipinski definition) is 1. The predicted molar refractivity (Wildman–Crippen MR) is 58.2 cm³/mol. The molecule has 76 valence electrons. The number of thioether (sulfide) groups is 1. The summed E-state index contributed by atoms with van der Waals surface area (Å²) in [6.45, 7) is 2.03. The van der Waals surface area contributed by atoms with Crippen LogP contribution >= 0.6 is 23.3 Å². The van der Waals surface area contributed by atoms with Gasteiger partial charge in [-0.2, -0.15) is 9.64 Å². The Morgan fingerprint density at radius 2 is 2.50 bits per heavy atom. The van der Waals surface area contributed by atoms with Crippen molar-refractivity contribution in [3.63, 3.8) is 0 Å². The summed E-state index contributed by atoms with van der Waals surface area (Å²) in [6.07, 6.45) is 1.57. The maximum absolute atomic E-state index is 8.46. The number of hydrogen-bond acceptors (Lipinski definition) is 6. The molecule has 0 aromatic carbocycles. The van der Waals surface area contributed by atoms with Gasteiger partial charge in [-0.05, 0) is 18.0 Å². The fourth-order valence-corrected chi connectivity index (χ4v) is 2.57. The van der Waals surface area contributed by atoms with Crippen molar-refractivity contribution in [2.24, 2.45) is 5.73 Å². The summed E-state index contributed by atoms with van der Waals surface area (Å²) in [7, 11) is 0. The molecule has 6 heteroatoms. The molecule has 0 amide bonds. The van der Waals surface area contributed by atoms with Gasteiger partial charge in [0.1, 0.15) is 5.82 Å². The lowest BCUT2D eigenvalue weighted by atomic mass is 10.3. The van der Waals surface area contributed by atoms with Crippen LogP contribution in [0.15, 0.2) is 4.34 Å². The van der Waals surface area contributed by atoms with E-state index >= 15 is 0 Å². The summed E-state index contributed by atoms with van der Waals surface area (Å²) in [5.41, 5.74) is 5.46. The first-order valence-corrected chi connectivity index (χ1v) is 6.12. The minimum atomic E-state index is -0.360. The van der Waals surface area contributed by atoms with E-state index in [-0.39, 0.29) is 6.04 Å². The van der Waals surface area contributed by atoms with Crippen LogP contribution in [0.5, 0.6) is 0 Å². The Labute approximate surface area is 91.7 Å². The second-order valence-corrected chi connectivity index (χ2v) is 4.80. The van der Waals surface area contributed by atoms with Gasteiger partial charge >= 0.3 is 0 Å². The molecule has 0 spiro atoms. The molecule has 1 atom stereocenters. The van der Waals surface area contributed by atoms with E-state index < -0.39 is 0 Å². The molecule has 0 saturated carbocycles. The Hall–Kier alpha value is -0.640. The number of aromatic nitrogens is 2. The first kappa shape index (κ1) is 11.4. The maximum atomic E-state index is 8.46. The fourth-order valence-electron chi connectivity index (χ4n) is 0.778. The average molecular weight is 228 g/mol. The Morgan fingerprint density at radius 3 is 3.07 bits per heavy atom. The van der Waals surface area contributed by atoms with Crippen LogP contribution in [0.4, 0.5) is 0 Å². The van der Waals surface area contributed by atoms with Crippen LogP contribution in [0.1, 0.15) is 19.2 Å². The van der Waals surface area contributed by atoms with Crippen LogP contribution in [-0.4, -0.2) is 21.2 Å². The highest BCUT2D eigenvalue weighted by atomic mass is 32.2. The zero-order valence-electron chi connectivity index (χ0n) is 7.93. The van der Waals surface area contributed by atoms with Crippen molar-refractivity contribution >= 4 is 23.3 Å². The quantitative estimate of drug-likeness (QED) is 0.772. The molecule has 1 unspecified atom stereocenters. The number of rotatable bonds is 5. The summed E-state index contributed by atoms with van der Waals surface area (Å²) in [5, 5.41) is 8.46. The van der Waals surface area contributed by atoms with Crippen molar-refractivity contribution in [1.29, 1.82) is 5.26 Å². The number of aryl methyl sites for hydroxylation is 1. The third kappa shape index (κ3) is 3.62.